The molecule has 0 atom stereocenters. The second-order valence-electron chi connectivity index (χ2n) is 4.89. The second-order valence-corrected chi connectivity index (χ2v) is 6.00. The molecule has 0 aliphatic heterocycles. The van der Waals surface area contributed by atoms with E-state index in [1.54, 1.807) is 0 Å². The van der Waals surface area contributed by atoms with E-state index in [9.17, 15) is 4.79 Å². The summed E-state index contributed by atoms with van der Waals surface area (Å²) < 4.78 is 0. The van der Waals surface area contributed by atoms with Gasteiger partial charge in [-0.15, -0.1) is 0 Å². The number of benzene rings is 1. The van der Waals surface area contributed by atoms with E-state index in [-0.39, 0.29) is 5.91 Å². The lowest BCUT2D eigenvalue weighted by Crippen LogP contribution is -2.43. The Labute approximate surface area is 113 Å². The van der Waals surface area contributed by atoms with Crippen LogP contribution in [0.2, 0.25) is 0 Å². The molecular weight excluding hydrogens is 244 g/mol. The maximum atomic E-state index is 11.6. The van der Waals surface area contributed by atoms with Crippen molar-refractivity contribution in [2.75, 3.05) is 12.3 Å². The summed E-state index contributed by atoms with van der Waals surface area (Å²) >= 11 is 1.84. The van der Waals surface area contributed by atoms with Crippen molar-refractivity contribution in [1.82, 2.24) is 5.32 Å². The minimum absolute atomic E-state index is 0.0130. The fourth-order valence-electron chi connectivity index (χ4n) is 1.73. The van der Waals surface area contributed by atoms with Crippen molar-refractivity contribution in [2.45, 2.75) is 31.1 Å². The van der Waals surface area contributed by atoms with Crippen LogP contribution >= 0.6 is 11.8 Å². The zero-order chi connectivity index (χ0) is 13.0. The Morgan fingerprint density at radius 1 is 1.44 bits per heavy atom. The van der Waals surface area contributed by atoms with Crippen molar-refractivity contribution in [3.63, 3.8) is 0 Å². The van der Waals surface area contributed by atoms with E-state index in [2.05, 4.69) is 36.5 Å². The first-order valence-corrected chi connectivity index (χ1v) is 7.47. The Morgan fingerprint density at radius 3 is 2.83 bits per heavy atom. The smallest absolute Gasteiger partial charge is 0.240 e. The molecule has 1 fully saturated rings. The maximum absolute atomic E-state index is 11.6. The van der Waals surface area contributed by atoms with Crippen molar-refractivity contribution < 1.29 is 4.79 Å². The number of thioether (sulfide) groups is 1. The molecule has 18 heavy (non-hydrogen) atoms. The number of rotatable bonds is 6. The SMILES string of the molecule is Cc1ccccc1CSCCNC(=O)C1(N)CC1. The summed E-state index contributed by atoms with van der Waals surface area (Å²) in [5, 5.41) is 2.90. The van der Waals surface area contributed by atoms with Gasteiger partial charge in [-0.25, -0.2) is 0 Å². The molecule has 0 radical (unpaired) electrons. The molecule has 3 nitrogen and oxygen atoms in total. The average Bonchev–Trinajstić information content (AvgIpc) is 3.10. The third-order valence-corrected chi connectivity index (χ3v) is 4.30. The Hall–Kier alpha value is -1.00. The quantitative estimate of drug-likeness (QED) is 0.771. The summed E-state index contributed by atoms with van der Waals surface area (Å²) in [5.41, 5.74) is 7.95. The predicted octanol–water partition coefficient (Wildman–Crippen LogP) is 1.84. The molecule has 1 amide bonds. The summed E-state index contributed by atoms with van der Waals surface area (Å²) in [5.74, 6) is 1.94. The molecule has 0 aromatic heterocycles. The van der Waals surface area contributed by atoms with Crippen molar-refractivity contribution in [1.29, 1.82) is 0 Å². The second kappa shape index (κ2) is 5.76. The van der Waals surface area contributed by atoms with Crippen LogP contribution in [-0.4, -0.2) is 23.7 Å². The van der Waals surface area contributed by atoms with Gasteiger partial charge in [0.15, 0.2) is 0 Å². The molecule has 0 heterocycles. The molecule has 0 unspecified atom stereocenters. The van der Waals surface area contributed by atoms with Gasteiger partial charge in [0.05, 0.1) is 5.54 Å². The molecule has 1 aliphatic rings. The minimum atomic E-state index is -0.541. The molecule has 0 spiro atoms. The summed E-state index contributed by atoms with van der Waals surface area (Å²) in [6.07, 6.45) is 1.66. The third-order valence-electron chi connectivity index (χ3n) is 3.29. The standard InChI is InChI=1S/C14H20N2OS/c1-11-4-2-3-5-12(11)10-18-9-8-16-13(17)14(15)6-7-14/h2-5H,6-10,15H2,1H3,(H,16,17). The summed E-state index contributed by atoms with van der Waals surface area (Å²) in [7, 11) is 0. The molecule has 0 bridgehead atoms. The van der Waals surface area contributed by atoms with Crippen molar-refractivity contribution in [3.8, 4) is 0 Å². The van der Waals surface area contributed by atoms with Gasteiger partial charge in [0, 0.05) is 18.1 Å². The predicted molar refractivity (Wildman–Crippen MR) is 76.5 cm³/mol. The number of hydrogen-bond acceptors (Lipinski definition) is 3. The van der Waals surface area contributed by atoms with Crippen LogP contribution in [0.25, 0.3) is 0 Å². The Morgan fingerprint density at radius 2 is 2.17 bits per heavy atom. The molecular formula is C14H20N2OS. The van der Waals surface area contributed by atoms with Gasteiger partial charge in [-0.2, -0.15) is 11.8 Å². The first-order chi connectivity index (χ1) is 8.62. The Bertz CT molecular complexity index is 430. The average molecular weight is 264 g/mol. The van der Waals surface area contributed by atoms with Gasteiger partial charge in [0.1, 0.15) is 0 Å². The lowest BCUT2D eigenvalue weighted by molar-refractivity contribution is -0.123. The molecule has 3 N–H and O–H groups in total. The van der Waals surface area contributed by atoms with Crippen molar-refractivity contribution in [2.24, 2.45) is 5.73 Å². The normalized spacial score (nSPS) is 16.3. The minimum Gasteiger partial charge on any atom is -0.354 e. The van der Waals surface area contributed by atoms with Gasteiger partial charge in [-0.3, -0.25) is 4.79 Å². The molecule has 2 rings (SSSR count). The molecule has 98 valence electrons. The van der Waals surface area contributed by atoms with E-state index >= 15 is 0 Å². The lowest BCUT2D eigenvalue weighted by Gasteiger charge is -2.10. The number of amides is 1. The largest absolute Gasteiger partial charge is 0.354 e. The number of nitrogens with one attached hydrogen (secondary N) is 1. The van der Waals surface area contributed by atoms with Crippen LogP contribution in [0.1, 0.15) is 24.0 Å². The zero-order valence-electron chi connectivity index (χ0n) is 10.7. The van der Waals surface area contributed by atoms with E-state index in [1.165, 1.54) is 11.1 Å². The van der Waals surface area contributed by atoms with Crippen LogP contribution < -0.4 is 11.1 Å². The summed E-state index contributed by atoms with van der Waals surface area (Å²) in [6.45, 7) is 2.83. The van der Waals surface area contributed by atoms with Crippen molar-refractivity contribution in [3.05, 3.63) is 35.4 Å². The van der Waals surface area contributed by atoms with Gasteiger partial charge >= 0.3 is 0 Å². The van der Waals surface area contributed by atoms with Gasteiger partial charge in [0.25, 0.3) is 0 Å². The van der Waals surface area contributed by atoms with Crippen LogP contribution in [0.5, 0.6) is 0 Å². The molecule has 1 aromatic rings. The fourth-order valence-corrected chi connectivity index (χ4v) is 2.66. The highest BCUT2D eigenvalue weighted by Crippen LogP contribution is 2.31. The topological polar surface area (TPSA) is 55.1 Å². The van der Waals surface area contributed by atoms with Gasteiger partial charge in [0.2, 0.25) is 5.91 Å². The van der Waals surface area contributed by atoms with E-state index < -0.39 is 5.54 Å². The lowest BCUT2D eigenvalue weighted by atomic mass is 10.1. The molecule has 4 heteroatoms. The summed E-state index contributed by atoms with van der Waals surface area (Å²) in [4.78, 5) is 11.6. The van der Waals surface area contributed by atoms with Crippen LogP contribution in [-0.2, 0) is 10.5 Å². The number of nitrogens with two attached hydrogens (primary N) is 1. The highest BCUT2D eigenvalue weighted by molar-refractivity contribution is 7.98. The van der Waals surface area contributed by atoms with Crippen LogP contribution in [0.4, 0.5) is 0 Å². The van der Waals surface area contributed by atoms with Crippen LogP contribution in [0.15, 0.2) is 24.3 Å². The first-order valence-electron chi connectivity index (χ1n) is 6.31. The first kappa shape index (κ1) is 13.4. The highest BCUT2D eigenvalue weighted by Gasteiger charge is 2.45. The highest BCUT2D eigenvalue weighted by atomic mass is 32.2. The van der Waals surface area contributed by atoms with Crippen LogP contribution in [0.3, 0.4) is 0 Å². The fraction of sp³-hybridized carbons (Fsp3) is 0.500. The van der Waals surface area contributed by atoms with Crippen LogP contribution in [0, 0.1) is 6.92 Å². The number of hydrogen-bond donors (Lipinski definition) is 2. The van der Waals surface area contributed by atoms with E-state index in [4.69, 9.17) is 5.73 Å². The van der Waals surface area contributed by atoms with Gasteiger partial charge < -0.3 is 11.1 Å². The molecule has 1 saturated carbocycles. The zero-order valence-corrected chi connectivity index (χ0v) is 11.6. The Balaban J connectivity index is 1.62. The number of aryl methyl sites for hydroxylation is 1. The van der Waals surface area contributed by atoms with E-state index in [0.717, 1.165) is 24.3 Å². The monoisotopic (exact) mass is 264 g/mol. The van der Waals surface area contributed by atoms with Gasteiger partial charge in [-0.05, 0) is 30.9 Å². The molecule has 1 aromatic carbocycles. The van der Waals surface area contributed by atoms with Gasteiger partial charge in [-0.1, -0.05) is 24.3 Å². The van der Waals surface area contributed by atoms with E-state index in [1.807, 2.05) is 11.8 Å². The third kappa shape index (κ3) is 3.50. The molecule has 1 aliphatic carbocycles. The van der Waals surface area contributed by atoms with E-state index in [0.29, 0.717) is 6.54 Å². The Kier molecular flexibility index (Phi) is 4.30. The number of carbonyl (C=O) groups excluding carboxylic acids is 1. The summed E-state index contributed by atoms with van der Waals surface area (Å²) in [6, 6.07) is 8.40. The molecule has 0 saturated heterocycles. The maximum Gasteiger partial charge on any atom is 0.240 e. The van der Waals surface area contributed by atoms with Crippen molar-refractivity contribution >= 4 is 17.7 Å². The number of carbonyl (C=O) groups is 1.